The molecule has 0 spiro atoms. The van der Waals surface area contributed by atoms with Gasteiger partial charge in [0.25, 0.3) is 5.56 Å². The molecular weight excluding hydrogens is 358 g/mol. The number of aromatic nitrogens is 6. The molecule has 9 nitrogen and oxygen atoms in total. The van der Waals surface area contributed by atoms with Crippen molar-refractivity contribution in [2.75, 3.05) is 13.1 Å². The van der Waals surface area contributed by atoms with E-state index < -0.39 is 6.04 Å². The predicted octanol–water partition coefficient (Wildman–Crippen LogP) is 0.476. The Bertz CT molecular complexity index is 1010. The van der Waals surface area contributed by atoms with Crippen LogP contribution in [-0.4, -0.2) is 54.1 Å². The summed E-state index contributed by atoms with van der Waals surface area (Å²) in [4.78, 5) is 34.6. The summed E-state index contributed by atoms with van der Waals surface area (Å²) < 4.78 is 1.50. The van der Waals surface area contributed by atoms with Gasteiger partial charge in [-0.25, -0.2) is 9.67 Å². The SMILES string of the molecule is Cc1nc2c(c(=O)[nH]1)CCN(C(=O)[C@H](Cc1ccccc1)n1cnnn1)CC2. The van der Waals surface area contributed by atoms with Crippen molar-refractivity contribution in [3.05, 3.63) is 69.7 Å². The summed E-state index contributed by atoms with van der Waals surface area (Å²) in [6.45, 7) is 2.74. The maximum atomic E-state index is 13.4. The van der Waals surface area contributed by atoms with Crippen LogP contribution in [0.5, 0.6) is 0 Å². The van der Waals surface area contributed by atoms with Crippen LogP contribution in [0, 0.1) is 6.92 Å². The zero-order valence-electron chi connectivity index (χ0n) is 15.6. The summed E-state index contributed by atoms with van der Waals surface area (Å²) in [6, 6.07) is 9.25. The molecule has 1 aliphatic rings. The van der Waals surface area contributed by atoms with Gasteiger partial charge in [0.1, 0.15) is 18.2 Å². The van der Waals surface area contributed by atoms with E-state index in [1.165, 1.54) is 11.0 Å². The molecule has 0 bridgehead atoms. The molecule has 0 unspecified atom stereocenters. The second-order valence-electron chi connectivity index (χ2n) is 6.90. The molecule has 0 saturated heterocycles. The first-order valence-corrected chi connectivity index (χ1v) is 9.25. The van der Waals surface area contributed by atoms with Gasteiger partial charge in [-0.2, -0.15) is 0 Å². The van der Waals surface area contributed by atoms with Gasteiger partial charge >= 0.3 is 0 Å². The lowest BCUT2D eigenvalue weighted by molar-refractivity contribution is -0.135. The molecule has 2 aromatic heterocycles. The minimum absolute atomic E-state index is 0.0582. The van der Waals surface area contributed by atoms with Gasteiger partial charge in [0.05, 0.1) is 5.69 Å². The van der Waals surface area contributed by atoms with E-state index in [0.29, 0.717) is 43.7 Å². The number of hydrogen-bond acceptors (Lipinski definition) is 6. The third-order valence-electron chi connectivity index (χ3n) is 5.02. The first kappa shape index (κ1) is 18.0. The number of nitrogens with one attached hydrogen (secondary N) is 1. The standard InChI is InChI=1S/C19H21N7O2/c1-13-21-16-8-10-25(9-7-15(16)18(27)22-13)19(28)17(26-12-20-23-24-26)11-14-5-3-2-4-6-14/h2-6,12,17H,7-11H2,1H3,(H,21,22,27)/t17-/m0/s1. The lowest BCUT2D eigenvalue weighted by Gasteiger charge is -2.25. The van der Waals surface area contributed by atoms with E-state index >= 15 is 0 Å². The molecule has 0 radical (unpaired) electrons. The zero-order valence-corrected chi connectivity index (χ0v) is 15.6. The Kier molecular flexibility index (Phi) is 4.96. The molecule has 3 heterocycles. The number of benzene rings is 1. The van der Waals surface area contributed by atoms with Crippen LogP contribution in [0.25, 0.3) is 0 Å². The highest BCUT2D eigenvalue weighted by molar-refractivity contribution is 5.80. The van der Waals surface area contributed by atoms with E-state index in [4.69, 9.17) is 0 Å². The Labute approximate surface area is 161 Å². The van der Waals surface area contributed by atoms with Crippen LogP contribution in [0.4, 0.5) is 0 Å². The Hall–Kier alpha value is -3.36. The van der Waals surface area contributed by atoms with Gasteiger partial charge in [0, 0.05) is 31.5 Å². The molecular formula is C19H21N7O2. The minimum Gasteiger partial charge on any atom is -0.340 e. The van der Waals surface area contributed by atoms with E-state index in [9.17, 15) is 9.59 Å². The molecule has 9 heteroatoms. The van der Waals surface area contributed by atoms with Crippen LogP contribution in [0.1, 0.15) is 28.7 Å². The van der Waals surface area contributed by atoms with Crippen LogP contribution in [0.3, 0.4) is 0 Å². The second kappa shape index (κ2) is 7.71. The van der Waals surface area contributed by atoms with Crippen molar-refractivity contribution >= 4 is 5.91 Å². The van der Waals surface area contributed by atoms with Crippen LogP contribution in [-0.2, 0) is 24.1 Å². The first-order chi connectivity index (χ1) is 13.6. The van der Waals surface area contributed by atoms with Crippen LogP contribution < -0.4 is 5.56 Å². The number of amides is 1. The number of carbonyl (C=O) groups excluding carboxylic acids is 1. The molecule has 0 fully saturated rings. The lowest BCUT2D eigenvalue weighted by Crippen LogP contribution is -2.40. The Morgan fingerprint density at radius 3 is 2.75 bits per heavy atom. The Morgan fingerprint density at radius 1 is 1.21 bits per heavy atom. The number of nitrogens with zero attached hydrogens (tertiary/aromatic N) is 6. The fourth-order valence-corrected chi connectivity index (χ4v) is 3.61. The summed E-state index contributed by atoms with van der Waals surface area (Å²) in [7, 11) is 0. The molecule has 3 aromatic rings. The Morgan fingerprint density at radius 2 is 2.00 bits per heavy atom. The Balaban J connectivity index is 1.57. The molecule has 28 heavy (non-hydrogen) atoms. The van der Waals surface area contributed by atoms with Crippen molar-refractivity contribution in [3.8, 4) is 0 Å². The molecule has 0 saturated carbocycles. The number of rotatable bonds is 4. The van der Waals surface area contributed by atoms with E-state index in [1.807, 2.05) is 30.3 Å². The van der Waals surface area contributed by atoms with Gasteiger partial charge in [0.2, 0.25) is 5.91 Å². The second-order valence-corrected chi connectivity index (χ2v) is 6.90. The van der Waals surface area contributed by atoms with Crippen molar-refractivity contribution in [3.63, 3.8) is 0 Å². The van der Waals surface area contributed by atoms with Gasteiger partial charge in [-0.3, -0.25) is 9.59 Å². The first-order valence-electron chi connectivity index (χ1n) is 9.25. The van der Waals surface area contributed by atoms with Crippen LogP contribution in [0.2, 0.25) is 0 Å². The average molecular weight is 379 g/mol. The van der Waals surface area contributed by atoms with E-state index in [-0.39, 0.29) is 11.5 Å². The van der Waals surface area contributed by atoms with Gasteiger partial charge in [-0.1, -0.05) is 30.3 Å². The third kappa shape index (κ3) is 3.68. The number of H-pyrrole nitrogens is 1. The number of fused-ring (bicyclic) bond motifs is 1. The van der Waals surface area contributed by atoms with Gasteiger partial charge < -0.3 is 9.88 Å². The predicted molar refractivity (Wildman–Crippen MR) is 101 cm³/mol. The molecule has 144 valence electrons. The normalized spacial score (nSPS) is 15.0. The van der Waals surface area contributed by atoms with Crippen molar-refractivity contribution in [2.45, 2.75) is 32.2 Å². The van der Waals surface area contributed by atoms with Crippen molar-refractivity contribution < 1.29 is 4.79 Å². The maximum absolute atomic E-state index is 13.4. The van der Waals surface area contributed by atoms with Crippen molar-refractivity contribution in [1.29, 1.82) is 0 Å². The molecule has 1 aromatic carbocycles. The molecule has 0 aliphatic carbocycles. The number of aryl methyl sites for hydroxylation is 1. The summed E-state index contributed by atoms with van der Waals surface area (Å²) in [5.41, 5.74) is 2.36. The number of carbonyl (C=O) groups is 1. The highest BCUT2D eigenvalue weighted by Crippen LogP contribution is 2.19. The molecule has 1 atom stereocenters. The summed E-state index contributed by atoms with van der Waals surface area (Å²) in [5, 5.41) is 11.3. The summed E-state index contributed by atoms with van der Waals surface area (Å²) in [5.74, 6) is 0.538. The van der Waals surface area contributed by atoms with Crippen LogP contribution >= 0.6 is 0 Å². The van der Waals surface area contributed by atoms with Gasteiger partial charge in [-0.05, 0) is 29.3 Å². The van der Waals surface area contributed by atoms with Crippen molar-refractivity contribution in [2.24, 2.45) is 0 Å². The lowest BCUT2D eigenvalue weighted by atomic mass is 10.0. The number of tetrazole rings is 1. The number of hydrogen-bond donors (Lipinski definition) is 1. The van der Waals surface area contributed by atoms with Gasteiger partial charge in [-0.15, -0.1) is 5.10 Å². The summed E-state index contributed by atoms with van der Waals surface area (Å²) >= 11 is 0. The third-order valence-corrected chi connectivity index (χ3v) is 5.02. The quantitative estimate of drug-likeness (QED) is 0.706. The summed E-state index contributed by atoms with van der Waals surface area (Å²) in [6.07, 6.45) is 3.00. The fourth-order valence-electron chi connectivity index (χ4n) is 3.61. The monoisotopic (exact) mass is 379 g/mol. The molecule has 1 N–H and O–H groups in total. The highest BCUT2D eigenvalue weighted by Gasteiger charge is 2.29. The minimum atomic E-state index is -0.536. The van der Waals surface area contributed by atoms with E-state index in [2.05, 4.69) is 25.5 Å². The van der Waals surface area contributed by atoms with Crippen molar-refractivity contribution in [1.82, 2.24) is 35.1 Å². The number of aromatic amines is 1. The average Bonchev–Trinajstić information content (AvgIpc) is 3.13. The fraction of sp³-hybridized carbons (Fsp3) is 0.368. The molecule has 4 rings (SSSR count). The molecule has 1 aliphatic heterocycles. The largest absolute Gasteiger partial charge is 0.340 e. The maximum Gasteiger partial charge on any atom is 0.254 e. The van der Waals surface area contributed by atoms with Gasteiger partial charge in [0.15, 0.2) is 0 Å². The zero-order chi connectivity index (χ0) is 19.5. The van der Waals surface area contributed by atoms with Crippen LogP contribution in [0.15, 0.2) is 41.5 Å². The molecule has 1 amide bonds. The topological polar surface area (TPSA) is 110 Å². The smallest absolute Gasteiger partial charge is 0.254 e. The van der Waals surface area contributed by atoms with E-state index in [0.717, 1.165) is 11.3 Å². The van der Waals surface area contributed by atoms with E-state index in [1.54, 1.807) is 11.8 Å². The highest BCUT2D eigenvalue weighted by atomic mass is 16.2.